The third kappa shape index (κ3) is 3.76. The van der Waals surface area contributed by atoms with Crippen LogP contribution >= 0.6 is 0 Å². The monoisotopic (exact) mass is 225 g/mol. The molecule has 96 valence electrons. The van der Waals surface area contributed by atoms with Crippen molar-refractivity contribution in [2.45, 2.75) is 72.3 Å². The molecular weight excluding hydrogens is 194 g/mol. The zero-order chi connectivity index (χ0) is 12.1. The highest BCUT2D eigenvalue weighted by molar-refractivity contribution is 4.83. The van der Waals surface area contributed by atoms with Gasteiger partial charge in [-0.05, 0) is 55.8 Å². The molecule has 1 rings (SSSR count). The van der Waals surface area contributed by atoms with E-state index in [9.17, 15) is 0 Å². The third-order valence-electron chi connectivity index (χ3n) is 4.70. The van der Waals surface area contributed by atoms with Crippen LogP contribution in [-0.4, -0.2) is 6.04 Å². The van der Waals surface area contributed by atoms with E-state index in [1.165, 1.54) is 38.5 Å². The lowest BCUT2D eigenvalue weighted by Crippen LogP contribution is -2.38. The topological polar surface area (TPSA) is 26.0 Å². The summed E-state index contributed by atoms with van der Waals surface area (Å²) in [4.78, 5) is 0. The quantitative estimate of drug-likeness (QED) is 0.745. The molecule has 0 amide bonds. The molecular formula is C15H31N. The molecule has 16 heavy (non-hydrogen) atoms. The Balaban J connectivity index is 2.35. The van der Waals surface area contributed by atoms with Gasteiger partial charge in [0.1, 0.15) is 0 Å². The molecule has 2 N–H and O–H groups in total. The Labute approximate surface area is 102 Å². The van der Waals surface area contributed by atoms with E-state index in [0.717, 1.165) is 17.8 Å². The molecule has 2 atom stereocenters. The highest BCUT2D eigenvalue weighted by Crippen LogP contribution is 2.36. The molecule has 0 saturated heterocycles. The van der Waals surface area contributed by atoms with Crippen LogP contribution in [-0.2, 0) is 0 Å². The molecule has 2 unspecified atom stereocenters. The van der Waals surface area contributed by atoms with Gasteiger partial charge >= 0.3 is 0 Å². The molecule has 0 bridgehead atoms. The van der Waals surface area contributed by atoms with Crippen molar-refractivity contribution < 1.29 is 0 Å². The number of nitrogens with two attached hydrogens (primary N) is 1. The molecule has 0 aromatic carbocycles. The van der Waals surface area contributed by atoms with Crippen molar-refractivity contribution in [2.75, 3.05) is 0 Å². The molecule has 1 aliphatic carbocycles. The Kier molecular flexibility index (Phi) is 5.82. The maximum absolute atomic E-state index is 6.40. The van der Waals surface area contributed by atoms with Crippen molar-refractivity contribution in [3.8, 4) is 0 Å². The van der Waals surface area contributed by atoms with E-state index in [4.69, 9.17) is 5.73 Å². The lowest BCUT2D eigenvalue weighted by molar-refractivity contribution is 0.178. The first-order valence-corrected chi connectivity index (χ1v) is 7.31. The maximum Gasteiger partial charge on any atom is 0.00929 e. The normalized spacial score (nSPS) is 30.4. The molecule has 1 fully saturated rings. The second-order valence-electron chi connectivity index (χ2n) is 6.26. The summed E-state index contributed by atoms with van der Waals surface area (Å²) < 4.78 is 0. The van der Waals surface area contributed by atoms with Crippen LogP contribution in [0.25, 0.3) is 0 Å². The van der Waals surface area contributed by atoms with Crippen LogP contribution < -0.4 is 5.73 Å². The summed E-state index contributed by atoms with van der Waals surface area (Å²) in [5.74, 6) is 3.34. The van der Waals surface area contributed by atoms with E-state index >= 15 is 0 Å². The van der Waals surface area contributed by atoms with E-state index in [2.05, 4.69) is 27.7 Å². The summed E-state index contributed by atoms with van der Waals surface area (Å²) in [6.07, 6.45) is 8.14. The number of hydrogen-bond acceptors (Lipinski definition) is 1. The minimum atomic E-state index is 0.452. The van der Waals surface area contributed by atoms with Gasteiger partial charge in [0.25, 0.3) is 0 Å². The van der Waals surface area contributed by atoms with Crippen LogP contribution in [0.2, 0.25) is 0 Å². The Hall–Kier alpha value is -0.0400. The number of hydrogen-bond donors (Lipinski definition) is 1. The van der Waals surface area contributed by atoms with Gasteiger partial charge in [-0.3, -0.25) is 0 Å². The van der Waals surface area contributed by atoms with E-state index in [0.29, 0.717) is 12.0 Å². The highest BCUT2D eigenvalue weighted by atomic mass is 14.7. The first kappa shape index (κ1) is 14.0. The molecule has 0 aliphatic heterocycles. The lowest BCUT2D eigenvalue weighted by Gasteiger charge is -2.36. The molecule has 0 radical (unpaired) electrons. The molecule has 0 spiro atoms. The summed E-state index contributed by atoms with van der Waals surface area (Å²) in [5, 5.41) is 0. The van der Waals surface area contributed by atoms with Gasteiger partial charge < -0.3 is 5.73 Å². The van der Waals surface area contributed by atoms with Crippen molar-refractivity contribution in [2.24, 2.45) is 29.4 Å². The van der Waals surface area contributed by atoms with Gasteiger partial charge in [-0.15, -0.1) is 0 Å². The van der Waals surface area contributed by atoms with Gasteiger partial charge in [-0.25, -0.2) is 0 Å². The van der Waals surface area contributed by atoms with E-state index in [1.807, 2.05) is 0 Å². The van der Waals surface area contributed by atoms with E-state index in [-0.39, 0.29) is 0 Å². The SMILES string of the molecule is CCCC(C)C(N)C1CCC(C(C)C)CC1. The van der Waals surface area contributed by atoms with Crippen molar-refractivity contribution in [3.63, 3.8) is 0 Å². The predicted octanol–water partition coefficient (Wildman–Crippen LogP) is 4.21. The Morgan fingerprint density at radius 2 is 1.50 bits per heavy atom. The molecule has 0 aromatic rings. The van der Waals surface area contributed by atoms with Crippen molar-refractivity contribution in [3.05, 3.63) is 0 Å². The predicted molar refractivity (Wildman–Crippen MR) is 72.3 cm³/mol. The minimum Gasteiger partial charge on any atom is -0.327 e. The Bertz CT molecular complexity index is 180. The van der Waals surface area contributed by atoms with Gasteiger partial charge in [0.15, 0.2) is 0 Å². The van der Waals surface area contributed by atoms with Crippen LogP contribution in [0.4, 0.5) is 0 Å². The van der Waals surface area contributed by atoms with Gasteiger partial charge in [-0.2, -0.15) is 0 Å². The smallest absolute Gasteiger partial charge is 0.00929 e. The van der Waals surface area contributed by atoms with E-state index < -0.39 is 0 Å². The summed E-state index contributed by atoms with van der Waals surface area (Å²) in [5.41, 5.74) is 6.40. The first-order valence-electron chi connectivity index (χ1n) is 7.31. The van der Waals surface area contributed by atoms with Crippen molar-refractivity contribution in [1.82, 2.24) is 0 Å². The van der Waals surface area contributed by atoms with Gasteiger partial charge in [0.2, 0.25) is 0 Å². The largest absolute Gasteiger partial charge is 0.327 e. The molecule has 1 saturated carbocycles. The summed E-state index contributed by atoms with van der Waals surface area (Å²) in [6.45, 7) is 9.33. The summed E-state index contributed by atoms with van der Waals surface area (Å²) in [7, 11) is 0. The van der Waals surface area contributed by atoms with Crippen molar-refractivity contribution in [1.29, 1.82) is 0 Å². The van der Waals surface area contributed by atoms with Crippen LogP contribution in [0.15, 0.2) is 0 Å². The van der Waals surface area contributed by atoms with E-state index in [1.54, 1.807) is 0 Å². The number of rotatable bonds is 5. The first-order chi connectivity index (χ1) is 7.56. The van der Waals surface area contributed by atoms with Gasteiger partial charge in [0.05, 0.1) is 0 Å². The molecule has 1 nitrogen and oxygen atoms in total. The van der Waals surface area contributed by atoms with Gasteiger partial charge in [0, 0.05) is 6.04 Å². The molecule has 0 aromatic heterocycles. The average molecular weight is 225 g/mol. The average Bonchev–Trinajstić information content (AvgIpc) is 2.28. The Morgan fingerprint density at radius 3 is 1.94 bits per heavy atom. The molecule has 1 aliphatic rings. The molecule has 1 heteroatoms. The fraction of sp³-hybridized carbons (Fsp3) is 1.00. The van der Waals surface area contributed by atoms with Crippen LogP contribution in [0.1, 0.15) is 66.2 Å². The van der Waals surface area contributed by atoms with Gasteiger partial charge in [-0.1, -0.05) is 34.1 Å². The Morgan fingerprint density at radius 1 is 1.00 bits per heavy atom. The summed E-state index contributed by atoms with van der Waals surface area (Å²) >= 11 is 0. The minimum absolute atomic E-state index is 0.452. The summed E-state index contributed by atoms with van der Waals surface area (Å²) in [6, 6.07) is 0.452. The molecule has 0 heterocycles. The second kappa shape index (κ2) is 6.64. The highest BCUT2D eigenvalue weighted by Gasteiger charge is 2.29. The van der Waals surface area contributed by atoms with Crippen LogP contribution in [0.5, 0.6) is 0 Å². The second-order valence-corrected chi connectivity index (χ2v) is 6.26. The van der Waals surface area contributed by atoms with Crippen molar-refractivity contribution >= 4 is 0 Å². The van der Waals surface area contributed by atoms with Crippen LogP contribution in [0, 0.1) is 23.7 Å². The standard InChI is InChI=1S/C15H31N/c1-5-6-12(4)15(16)14-9-7-13(8-10-14)11(2)3/h11-15H,5-10,16H2,1-4H3. The fourth-order valence-corrected chi connectivity index (χ4v) is 3.31. The zero-order valence-electron chi connectivity index (χ0n) is 11.7. The lowest BCUT2D eigenvalue weighted by atomic mass is 9.72. The maximum atomic E-state index is 6.40. The third-order valence-corrected chi connectivity index (χ3v) is 4.70. The van der Waals surface area contributed by atoms with Crippen LogP contribution in [0.3, 0.4) is 0 Å². The zero-order valence-corrected chi connectivity index (χ0v) is 11.7. The fourth-order valence-electron chi connectivity index (χ4n) is 3.31.